The number of hydrogen-bond donors (Lipinski definition) is 2. The van der Waals surface area contributed by atoms with Gasteiger partial charge in [0.05, 0.1) is 0 Å². The molecule has 0 fully saturated rings. The van der Waals surface area contributed by atoms with Crippen molar-refractivity contribution >= 4 is 32.3 Å². The summed E-state index contributed by atoms with van der Waals surface area (Å²) in [7, 11) is 0. The second-order valence-corrected chi connectivity index (χ2v) is 8.02. The van der Waals surface area contributed by atoms with Gasteiger partial charge >= 0.3 is 0 Å². The van der Waals surface area contributed by atoms with Gasteiger partial charge in [0.15, 0.2) is 11.5 Å². The molecule has 152 valence electrons. The molecule has 6 rings (SSSR count). The zero-order valence-corrected chi connectivity index (χ0v) is 17.3. The van der Waals surface area contributed by atoms with Gasteiger partial charge in [-0.2, -0.15) is 0 Å². The molecule has 6 aromatic rings. The lowest BCUT2D eigenvalue weighted by atomic mass is 9.84. The van der Waals surface area contributed by atoms with Gasteiger partial charge in [-0.05, 0) is 32.7 Å². The molecule has 0 aliphatic carbocycles. The maximum atomic E-state index is 11.4. The minimum absolute atomic E-state index is 0.0945. The third-order valence-electron chi connectivity index (χ3n) is 6.26. The second kappa shape index (κ2) is 7.14. The third kappa shape index (κ3) is 2.60. The van der Waals surface area contributed by atoms with Crippen LogP contribution in [0.15, 0.2) is 109 Å². The van der Waals surface area contributed by atoms with E-state index < -0.39 is 0 Å². The molecule has 0 radical (unpaired) electrons. The second-order valence-electron chi connectivity index (χ2n) is 8.02. The average molecular weight is 412 g/mol. The lowest BCUT2D eigenvalue weighted by Crippen LogP contribution is -1.92. The number of rotatable bonds is 2. The highest BCUT2D eigenvalue weighted by Gasteiger charge is 2.24. The molecule has 6 aromatic carbocycles. The average Bonchev–Trinajstić information content (AvgIpc) is 2.86. The van der Waals surface area contributed by atoms with Crippen LogP contribution in [0.25, 0.3) is 54.6 Å². The molecule has 0 saturated heterocycles. The van der Waals surface area contributed by atoms with Crippen LogP contribution in [-0.2, 0) is 0 Å². The van der Waals surface area contributed by atoms with E-state index in [0.29, 0.717) is 11.1 Å². The molecule has 0 aromatic heterocycles. The van der Waals surface area contributed by atoms with E-state index >= 15 is 0 Å². The largest absolute Gasteiger partial charge is 0.504 e. The van der Waals surface area contributed by atoms with Crippen molar-refractivity contribution in [2.45, 2.75) is 0 Å². The maximum Gasteiger partial charge on any atom is 0.166 e. The number of phenols is 2. The zero-order valence-electron chi connectivity index (χ0n) is 17.3. The Morgan fingerprint density at radius 2 is 0.656 bits per heavy atom. The van der Waals surface area contributed by atoms with Gasteiger partial charge in [-0.25, -0.2) is 0 Å². The van der Waals surface area contributed by atoms with E-state index in [1.54, 1.807) is 0 Å². The van der Waals surface area contributed by atoms with Gasteiger partial charge in [0.25, 0.3) is 0 Å². The Morgan fingerprint density at radius 3 is 1.03 bits per heavy atom. The molecule has 0 saturated carbocycles. The number of aromatic hydroxyl groups is 2. The van der Waals surface area contributed by atoms with Crippen LogP contribution in [0.3, 0.4) is 0 Å². The van der Waals surface area contributed by atoms with Crippen LogP contribution >= 0.6 is 0 Å². The highest BCUT2D eigenvalue weighted by Crippen LogP contribution is 2.53. The van der Waals surface area contributed by atoms with Crippen molar-refractivity contribution in [1.29, 1.82) is 0 Å². The maximum absolute atomic E-state index is 11.4. The molecule has 0 spiro atoms. The molecule has 2 N–H and O–H groups in total. The van der Waals surface area contributed by atoms with E-state index in [0.717, 1.165) is 43.4 Å². The summed E-state index contributed by atoms with van der Waals surface area (Å²) < 4.78 is 0. The summed E-state index contributed by atoms with van der Waals surface area (Å²) >= 11 is 0. The fraction of sp³-hybridized carbons (Fsp3) is 0. The Morgan fingerprint density at radius 1 is 0.344 bits per heavy atom. The molecule has 0 heterocycles. The van der Waals surface area contributed by atoms with Gasteiger partial charge in [0.2, 0.25) is 0 Å². The Hall–Kier alpha value is -4.30. The zero-order chi connectivity index (χ0) is 21.7. The smallest absolute Gasteiger partial charge is 0.166 e. The lowest BCUT2D eigenvalue weighted by Gasteiger charge is -2.20. The van der Waals surface area contributed by atoms with Gasteiger partial charge in [0, 0.05) is 21.9 Å². The molecule has 32 heavy (non-hydrogen) atoms. The Labute approximate surface area is 185 Å². The van der Waals surface area contributed by atoms with Crippen molar-refractivity contribution in [1.82, 2.24) is 0 Å². The van der Waals surface area contributed by atoms with E-state index in [-0.39, 0.29) is 11.5 Å². The monoisotopic (exact) mass is 412 g/mol. The van der Waals surface area contributed by atoms with Crippen molar-refractivity contribution < 1.29 is 10.2 Å². The molecule has 0 aliphatic heterocycles. The van der Waals surface area contributed by atoms with Gasteiger partial charge < -0.3 is 10.2 Å². The van der Waals surface area contributed by atoms with Crippen molar-refractivity contribution in [3.63, 3.8) is 0 Å². The van der Waals surface area contributed by atoms with Gasteiger partial charge in [-0.15, -0.1) is 0 Å². The van der Waals surface area contributed by atoms with Crippen LogP contribution in [0.2, 0.25) is 0 Å². The van der Waals surface area contributed by atoms with E-state index in [9.17, 15) is 10.2 Å². The standard InChI is InChI=1S/C30H20O2/c31-29-25(19-11-3-1-4-12-19)27-23-17-9-7-15-21(23)22-16-8-10-18-24(22)28(27)26(30(29)32)20-13-5-2-6-14-20/h1-18,31-32H. The van der Waals surface area contributed by atoms with Crippen LogP contribution in [0.1, 0.15) is 0 Å². The Balaban J connectivity index is 1.98. The fourth-order valence-corrected chi connectivity index (χ4v) is 4.91. The van der Waals surface area contributed by atoms with Crippen LogP contribution in [0, 0.1) is 0 Å². The van der Waals surface area contributed by atoms with Crippen molar-refractivity contribution in [3.05, 3.63) is 109 Å². The summed E-state index contributed by atoms with van der Waals surface area (Å²) in [5.41, 5.74) is 3.04. The third-order valence-corrected chi connectivity index (χ3v) is 6.26. The summed E-state index contributed by atoms with van der Waals surface area (Å²) in [5.74, 6) is -0.189. The van der Waals surface area contributed by atoms with E-state index in [2.05, 4.69) is 24.3 Å². The Bertz CT molecular complexity index is 1490. The molecule has 2 heteroatoms. The quantitative estimate of drug-likeness (QED) is 0.224. The first kappa shape index (κ1) is 18.5. The SMILES string of the molecule is Oc1c(O)c(-c2ccccc2)c2c3ccccc3c3ccccc3c2c1-c1ccccc1. The summed E-state index contributed by atoms with van der Waals surface area (Å²) in [5, 5.41) is 29.0. The summed E-state index contributed by atoms with van der Waals surface area (Å²) in [4.78, 5) is 0. The minimum atomic E-state index is -0.0945. The molecular formula is C30H20O2. The Kier molecular flexibility index (Phi) is 4.12. The predicted molar refractivity (Wildman–Crippen MR) is 133 cm³/mol. The van der Waals surface area contributed by atoms with E-state index in [1.807, 2.05) is 84.9 Å². The molecule has 0 amide bonds. The van der Waals surface area contributed by atoms with E-state index in [1.165, 1.54) is 0 Å². The van der Waals surface area contributed by atoms with Crippen LogP contribution in [0.4, 0.5) is 0 Å². The van der Waals surface area contributed by atoms with E-state index in [4.69, 9.17) is 0 Å². The number of benzene rings is 6. The topological polar surface area (TPSA) is 40.5 Å². The summed E-state index contributed by atoms with van der Waals surface area (Å²) in [6.45, 7) is 0. The van der Waals surface area contributed by atoms with Gasteiger partial charge in [0.1, 0.15) is 0 Å². The van der Waals surface area contributed by atoms with Crippen LogP contribution in [-0.4, -0.2) is 10.2 Å². The normalized spacial score (nSPS) is 11.4. The summed E-state index contributed by atoms with van der Waals surface area (Å²) in [6, 6.07) is 36.2. The number of hydrogen-bond acceptors (Lipinski definition) is 2. The molecule has 0 bridgehead atoms. The lowest BCUT2D eigenvalue weighted by molar-refractivity contribution is 0.407. The predicted octanol–water partition coefficient (Wildman–Crippen LogP) is 7.89. The summed E-state index contributed by atoms with van der Waals surface area (Å²) in [6.07, 6.45) is 0. The highest BCUT2D eigenvalue weighted by atomic mass is 16.3. The first-order valence-electron chi connectivity index (χ1n) is 10.7. The van der Waals surface area contributed by atoms with Crippen molar-refractivity contribution in [3.8, 4) is 33.8 Å². The van der Waals surface area contributed by atoms with Gasteiger partial charge in [-0.3, -0.25) is 0 Å². The van der Waals surface area contributed by atoms with Crippen molar-refractivity contribution in [2.24, 2.45) is 0 Å². The molecule has 0 atom stereocenters. The molecule has 0 unspecified atom stereocenters. The number of phenolic OH excluding ortho intramolecular Hbond substituents is 2. The number of fused-ring (bicyclic) bond motifs is 6. The first-order chi connectivity index (χ1) is 15.8. The minimum Gasteiger partial charge on any atom is -0.504 e. The first-order valence-corrected chi connectivity index (χ1v) is 10.7. The fourth-order valence-electron chi connectivity index (χ4n) is 4.91. The van der Waals surface area contributed by atoms with Gasteiger partial charge in [-0.1, -0.05) is 109 Å². The van der Waals surface area contributed by atoms with Crippen molar-refractivity contribution in [2.75, 3.05) is 0 Å². The molecular weight excluding hydrogens is 392 g/mol. The van der Waals surface area contributed by atoms with Crippen LogP contribution in [0.5, 0.6) is 11.5 Å². The van der Waals surface area contributed by atoms with Crippen LogP contribution < -0.4 is 0 Å². The molecule has 2 nitrogen and oxygen atoms in total. The highest BCUT2D eigenvalue weighted by molar-refractivity contribution is 6.33. The molecule has 0 aliphatic rings.